The molecule has 6 heteroatoms. The van der Waals surface area contributed by atoms with Crippen molar-refractivity contribution in [3.05, 3.63) is 29.3 Å². The first-order chi connectivity index (χ1) is 9.41. The predicted octanol–water partition coefficient (Wildman–Crippen LogP) is 2.34. The van der Waals surface area contributed by atoms with E-state index < -0.39 is 10.0 Å². The predicted molar refractivity (Wildman–Crippen MR) is 88.7 cm³/mol. The summed E-state index contributed by atoms with van der Waals surface area (Å²) < 4.78 is 28.0. The molecule has 4 nitrogen and oxygen atoms in total. The largest absolute Gasteiger partial charge is 0.389 e. The standard InChI is InChI=1S/C15H22N2O2S2/c1-9-8-10(12(16)20)6-7-11(9)21(18,19)17-13-14(2,3)15(13,4)5/h6-8,13,17H,1-5H3,(H2,16,20). The van der Waals surface area contributed by atoms with E-state index in [0.717, 1.165) is 0 Å². The molecule has 1 aromatic carbocycles. The summed E-state index contributed by atoms with van der Waals surface area (Å²) in [6, 6.07) is 4.85. The molecule has 0 aliphatic heterocycles. The average molecular weight is 326 g/mol. The van der Waals surface area contributed by atoms with E-state index in [4.69, 9.17) is 18.0 Å². The van der Waals surface area contributed by atoms with Gasteiger partial charge in [0.2, 0.25) is 10.0 Å². The molecule has 116 valence electrons. The zero-order valence-corrected chi connectivity index (χ0v) is 14.7. The number of aryl methyl sites for hydroxylation is 1. The second-order valence-electron chi connectivity index (χ2n) is 6.84. The fourth-order valence-electron chi connectivity index (χ4n) is 2.81. The number of benzene rings is 1. The first-order valence-electron chi connectivity index (χ1n) is 6.84. The summed E-state index contributed by atoms with van der Waals surface area (Å²) in [5.74, 6) is 0. The second kappa shape index (κ2) is 4.76. The Hall–Kier alpha value is -0.980. The lowest BCUT2D eigenvalue weighted by Crippen LogP contribution is -2.30. The van der Waals surface area contributed by atoms with Gasteiger partial charge in [-0.15, -0.1) is 0 Å². The molecule has 0 radical (unpaired) electrons. The topological polar surface area (TPSA) is 72.2 Å². The van der Waals surface area contributed by atoms with Crippen molar-refractivity contribution in [2.75, 3.05) is 0 Å². The summed E-state index contributed by atoms with van der Waals surface area (Å²) in [5, 5.41) is 0. The van der Waals surface area contributed by atoms with Crippen molar-refractivity contribution in [3.63, 3.8) is 0 Å². The fourth-order valence-corrected chi connectivity index (χ4v) is 4.70. The second-order valence-corrected chi connectivity index (χ2v) is 8.96. The first-order valence-corrected chi connectivity index (χ1v) is 8.73. The van der Waals surface area contributed by atoms with E-state index in [9.17, 15) is 8.42 Å². The lowest BCUT2D eigenvalue weighted by molar-refractivity contribution is 0.457. The minimum absolute atomic E-state index is 0.0489. The van der Waals surface area contributed by atoms with Gasteiger partial charge in [0.25, 0.3) is 0 Å². The third kappa shape index (κ3) is 2.60. The zero-order valence-electron chi connectivity index (χ0n) is 13.0. The lowest BCUT2D eigenvalue weighted by Gasteiger charge is -2.11. The van der Waals surface area contributed by atoms with Gasteiger partial charge in [0.05, 0.1) is 4.90 Å². The number of hydrogen-bond donors (Lipinski definition) is 2. The smallest absolute Gasteiger partial charge is 0.241 e. The van der Waals surface area contributed by atoms with Crippen LogP contribution in [0.2, 0.25) is 0 Å². The van der Waals surface area contributed by atoms with Gasteiger partial charge in [-0.1, -0.05) is 46.0 Å². The van der Waals surface area contributed by atoms with Crippen LogP contribution in [0.15, 0.2) is 23.1 Å². The van der Waals surface area contributed by atoms with Crippen LogP contribution in [0.5, 0.6) is 0 Å². The third-order valence-electron chi connectivity index (χ3n) is 5.04. The van der Waals surface area contributed by atoms with Crippen LogP contribution < -0.4 is 10.5 Å². The Balaban J connectivity index is 2.32. The molecule has 0 bridgehead atoms. The minimum atomic E-state index is -3.55. The van der Waals surface area contributed by atoms with Crippen LogP contribution in [0.3, 0.4) is 0 Å². The molecule has 3 N–H and O–H groups in total. The van der Waals surface area contributed by atoms with E-state index in [-0.39, 0.29) is 26.8 Å². The van der Waals surface area contributed by atoms with Crippen LogP contribution in [0.4, 0.5) is 0 Å². The molecule has 0 amide bonds. The summed E-state index contributed by atoms with van der Waals surface area (Å²) in [6.45, 7) is 10.0. The number of rotatable bonds is 4. The number of nitrogens with one attached hydrogen (secondary N) is 1. The quantitative estimate of drug-likeness (QED) is 0.833. The number of sulfonamides is 1. The van der Waals surface area contributed by atoms with Crippen molar-refractivity contribution < 1.29 is 8.42 Å². The molecular formula is C15H22N2O2S2. The van der Waals surface area contributed by atoms with Gasteiger partial charge >= 0.3 is 0 Å². The maximum Gasteiger partial charge on any atom is 0.241 e. The van der Waals surface area contributed by atoms with Gasteiger partial charge in [0, 0.05) is 11.6 Å². The first kappa shape index (κ1) is 16.4. The highest BCUT2D eigenvalue weighted by Crippen LogP contribution is 2.62. The molecule has 1 aliphatic rings. The Morgan fingerprint density at radius 1 is 1.24 bits per heavy atom. The van der Waals surface area contributed by atoms with Crippen LogP contribution in [0, 0.1) is 17.8 Å². The fraction of sp³-hybridized carbons (Fsp3) is 0.533. The molecule has 0 spiro atoms. The van der Waals surface area contributed by atoms with Gasteiger partial charge in [-0.05, 0) is 35.4 Å². The molecule has 0 saturated heterocycles. The highest BCUT2D eigenvalue weighted by atomic mass is 32.2. The summed E-state index contributed by atoms with van der Waals surface area (Å²) in [5.41, 5.74) is 6.79. The maximum atomic E-state index is 12.6. The molecule has 0 aromatic heterocycles. The molecule has 1 saturated carbocycles. The number of hydrogen-bond acceptors (Lipinski definition) is 3. The molecular weight excluding hydrogens is 304 g/mol. The Morgan fingerprint density at radius 2 is 1.76 bits per heavy atom. The summed E-state index contributed by atoms with van der Waals surface area (Å²) >= 11 is 4.91. The van der Waals surface area contributed by atoms with Gasteiger partial charge in [-0.2, -0.15) is 0 Å². The Kier molecular flexibility index (Phi) is 3.72. The molecule has 2 rings (SSSR count). The third-order valence-corrected chi connectivity index (χ3v) is 6.86. The number of thiocarbonyl (C=S) groups is 1. The van der Waals surface area contributed by atoms with Gasteiger partial charge in [0.15, 0.2) is 0 Å². The molecule has 0 heterocycles. The van der Waals surface area contributed by atoms with Crippen molar-refractivity contribution >= 4 is 27.2 Å². The van der Waals surface area contributed by atoms with Crippen LogP contribution >= 0.6 is 12.2 Å². The van der Waals surface area contributed by atoms with E-state index in [1.807, 2.05) is 0 Å². The molecule has 0 unspecified atom stereocenters. The average Bonchev–Trinajstić information content (AvgIpc) is 2.70. The SMILES string of the molecule is Cc1cc(C(N)=S)ccc1S(=O)(=O)NC1C(C)(C)C1(C)C. The normalized spacial score (nSPS) is 20.2. The minimum Gasteiger partial charge on any atom is -0.389 e. The molecule has 1 aromatic rings. The summed E-state index contributed by atoms with van der Waals surface area (Å²) in [4.78, 5) is 0.542. The van der Waals surface area contributed by atoms with Crippen molar-refractivity contribution in [3.8, 4) is 0 Å². The van der Waals surface area contributed by atoms with E-state index in [0.29, 0.717) is 11.1 Å². The van der Waals surface area contributed by atoms with E-state index in [1.165, 1.54) is 0 Å². The summed E-state index contributed by atoms with van der Waals surface area (Å²) in [6.07, 6.45) is 0. The van der Waals surface area contributed by atoms with Crippen LogP contribution in [0.25, 0.3) is 0 Å². The maximum absolute atomic E-state index is 12.6. The van der Waals surface area contributed by atoms with Crippen LogP contribution in [-0.2, 0) is 10.0 Å². The highest BCUT2D eigenvalue weighted by molar-refractivity contribution is 7.89. The number of nitrogens with two attached hydrogens (primary N) is 1. The summed E-state index contributed by atoms with van der Waals surface area (Å²) in [7, 11) is -3.55. The molecule has 1 aliphatic carbocycles. The Bertz CT molecular complexity index is 692. The van der Waals surface area contributed by atoms with Gasteiger partial charge in [-0.25, -0.2) is 13.1 Å². The lowest BCUT2D eigenvalue weighted by atomic mass is 10.0. The van der Waals surface area contributed by atoms with Gasteiger partial charge in [-0.3, -0.25) is 0 Å². The van der Waals surface area contributed by atoms with E-state index >= 15 is 0 Å². The highest BCUT2D eigenvalue weighted by Gasteiger charge is 2.66. The monoisotopic (exact) mass is 326 g/mol. The molecule has 21 heavy (non-hydrogen) atoms. The van der Waals surface area contributed by atoms with E-state index in [2.05, 4.69) is 32.4 Å². The van der Waals surface area contributed by atoms with Gasteiger partial charge in [0.1, 0.15) is 4.99 Å². The van der Waals surface area contributed by atoms with Crippen molar-refractivity contribution in [2.45, 2.75) is 45.6 Å². The van der Waals surface area contributed by atoms with Crippen LogP contribution in [-0.4, -0.2) is 19.4 Å². The Labute approximate surface area is 132 Å². The Morgan fingerprint density at radius 3 is 2.14 bits per heavy atom. The molecule has 1 fully saturated rings. The van der Waals surface area contributed by atoms with Crippen LogP contribution in [0.1, 0.15) is 38.8 Å². The van der Waals surface area contributed by atoms with Gasteiger partial charge < -0.3 is 5.73 Å². The van der Waals surface area contributed by atoms with E-state index in [1.54, 1.807) is 25.1 Å². The zero-order chi connectivity index (χ0) is 16.2. The van der Waals surface area contributed by atoms with Crippen molar-refractivity contribution in [1.82, 2.24) is 4.72 Å². The van der Waals surface area contributed by atoms with Crippen molar-refractivity contribution in [2.24, 2.45) is 16.6 Å². The van der Waals surface area contributed by atoms with Crippen molar-refractivity contribution in [1.29, 1.82) is 0 Å². The molecule has 0 atom stereocenters.